The first-order chi connectivity index (χ1) is 7.59. The zero-order valence-electron chi connectivity index (χ0n) is 9.03. The molecule has 0 aromatic heterocycles. The number of hydrogen-bond donors (Lipinski definition) is 2. The van der Waals surface area contributed by atoms with E-state index in [4.69, 9.17) is 5.11 Å². The molecule has 0 spiro atoms. The van der Waals surface area contributed by atoms with Crippen LogP contribution in [0.2, 0.25) is 0 Å². The van der Waals surface area contributed by atoms with Crippen LogP contribution in [0.15, 0.2) is 18.2 Å². The molecule has 16 heavy (non-hydrogen) atoms. The van der Waals surface area contributed by atoms with E-state index < -0.39 is 5.97 Å². The number of carboxylic acids is 1. The second kappa shape index (κ2) is 4.22. The van der Waals surface area contributed by atoms with Crippen molar-refractivity contribution < 1.29 is 14.3 Å². The molecule has 1 aromatic carbocycles. The molecule has 2 atom stereocenters. The number of rotatable bonds is 2. The molecule has 0 aliphatic carbocycles. The van der Waals surface area contributed by atoms with E-state index in [2.05, 4.69) is 5.32 Å². The van der Waals surface area contributed by atoms with E-state index in [1.165, 1.54) is 6.07 Å². The van der Waals surface area contributed by atoms with Gasteiger partial charge in [-0.15, -0.1) is 0 Å². The van der Waals surface area contributed by atoms with Crippen LogP contribution >= 0.6 is 0 Å². The highest BCUT2D eigenvalue weighted by Gasteiger charge is 2.30. The molecule has 2 unspecified atom stereocenters. The monoisotopic (exact) mass is 223 g/mol. The van der Waals surface area contributed by atoms with Gasteiger partial charge < -0.3 is 10.4 Å². The van der Waals surface area contributed by atoms with Gasteiger partial charge in [-0.2, -0.15) is 0 Å². The third-order valence-corrected chi connectivity index (χ3v) is 3.17. The zero-order valence-corrected chi connectivity index (χ0v) is 9.03. The van der Waals surface area contributed by atoms with Gasteiger partial charge >= 0.3 is 5.97 Å². The number of carbonyl (C=O) groups is 1. The first-order valence-corrected chi connectivity index (χ1v) is 5.31. The van der Waals surface area contributed by atoms with Gasteiger partial charge in [0.05, 0.1) is 5.92 Å². The molecule has 2 N–H and O–H groups in total. The van der Waals surface area contributed by atoms with Crippen LogP contribution < -0.4 is 5.32 Å². The molecule has 3 nitrogen and oxygen atoms in total. The fraction of sp³-hybridized carbons (Fsp3) is 0.417. The van der Waals surface area contributed by atoms with Crippen molar-refractivity contribution >= 4 is 5.97 Å². The Balaban J connectivity index is 2.21. The lowest BCUT2D eigenvalue weighted by molar-refractivity contribution is -0.141. The van der Waals surface area contributed by atoms with Gasteiger partial charge in [0, 0.05) is 12.6 Å². The first-order valence-electron chi connectivity index (χ1n) is 5.31. The van der Waals surface area contributed by atoms with Gasteiger partial charge in [0.2, 0.25) is 0 Å². The SMILES string of the molecule is Cc1c(F)cccc1C1CC(C(=O)O)CN1. The molecule has 0 amide bonds. The predicted molar refractivity (Wildman–Crippen MR) is 57.6 cm³/mol. The average Bonchev–Trinajstić information content (AvgIpc) is 2.71. The minimum Gasteiger partial charge on any atom is -0.481 e. The van der Waals surface area contributed by atoms with Crippen molar-refractivity contribution in [2.24, 2.45) is 5.92 Å². The number of nitrogens with one attached hydrogen (secondary N) is 1. The van der Waals surface area contributed by atoms with E-state index in [-0.39, 0.29) is 17.8 Å². The maximum Gasteiger partial charge on any atom is 0.307 e. The third-order valence-electron chi connectivity index (χ3n) is 3.17. The molecule has 0 bridgehead atoms. The van der Waals surface area contributed by atoms with Crippen molar-refractivity contribution in [2.45, 2.75) is 19.4 Å². The Bertz CT molecular complexity index is 419. The van der Waals surface area contributed by atoms with Gasteiger partial charge in [0.1, 0.15) is 5.82 Å². The smallest absolute Gasteiger partial charge is 0.307 e. The van der Waals surface area contributed by atoms with Crippen molar-refractivity contribution in [2.75, 3.05) is 6.54 Å². The van der Waals surface area contributed by atoms with Gasteiger partial charge in [-0.3, -0.25) is 4.79 Å². The lowest BCUT2D eigenvalue weighted by atomic mass is 9.96. The van der Waals surface area contributed by atoms with Crippen molar-refractivity contribution in [3.8, 4) is 0 Å². The Labute approximate surface area is 93.3 Å². The first kappa shape index (κ1) is 11.1. The molecule has 1 heterocycles. The van der Waals surface area contributed by atoms with Crippen LogP contribution in [0, 0.1) is 18.7 Å². The largest absolute Gasteiger partial charge is 0.481 e. The van der Waals surface area contributed by atoms with Gasteiger partial charge in [0.15, 0.2) is 0 Å². The minimum atomic E-state index is -0.788. The Kier molecular flexibility index (Phi) is 2.92. The average molecular weight is 223 g/mol. The van der Waals surface area contributed by atoms with E-state index in [9.17, 15) is 9.18 Å². The van der Waals surface area contributed by atoms with Crippen molar-refractivity contribution in [3.05, 3.63) is 35.1 Å². The normalized spacial score (nSPS) is 24.6. The van der Waals surface area contributed by atoms with Gasteiger partial charge in [-0.1, -0.05) is 12.1 Å². The summed E-state index contributed by atoms with van der Waals surface area (Å²) in [6, 6.07) is 4.88. The zero-order chi connectivity index (χ0) is 11.7. The summed E-state index contributed by atoms with van der Waals surface area (Å²) in [5.74, 6) is -1.39. The number of hydrogen-bond acceptors (Lipinski definition) is 2. The summed E-state index contributed by atoms with van der Waals surface area (Å²) in [6.45, 7) is 2.18. The van der Waals surface area contributed by atoms with Gasteiger partial charge in [-0.25, -0.2) is 4.39 Å². The Hall–Kier alpha value is -1.42. The predicted octanol–water partition coefficient (Wildman–Crippen LogP) is 1.87. The summed E-state index contributed by atoms with van der Waals surface area (Å²) >= 11 is 0. The highest BCUT2D eigenvalue weighted by atomic mass is 19.1. The Morgan fingerprint density at radius 2 is 2.31 bits per heavy atom. The van der Waals surface area contributed by atoms with E-state index in [1.807, 2.05) is 6.07 Å². The van der Waals surface area contributed by atoms with Crippen molar-refractivity contribution in [1.29, 1.82) is 0 Å². The van der Waals surface area contributed by atoms with E-state index in [0.717, 1.165) is 5.56 Å². The van der Waals surface area contributed by atoms with Crippen LogP contribution in [0.5, 0.6) is 0 Å². The van der Waals surface area contributed by atoms with Crippen molar-refractivity contribution in [1.82, 2.24) is 5.32 Å². The molecule has 1 fully saturated rings. The number of halogens is 1. The van der Waals surface area contributed by atoms with Gasteiger partial charge in [0.25, 0.3) is 0 Å². The fourth-order valence-corrected chi connectivity index (χ4v) is 2.16. The molecule has 1 aliphatic heterocycles. The fourth-order valence-electron chi connectivity index (χ4n) is 2.16. The molecule has 2 rings (SSSR count). The topological polar surface area (TPSA) is 49.3 Å². The van der Waals surface area contributed by atoms with Gasteiger partial charge in [-0.05, 0) is 30.5 Å². The number of benzene rings is 1. The standard InChI is InChI=1S/C12H14FNO2/c1-7-9(3-2-4-10(7)13)11-5-8(6-14-11)12(15)16/h2-4,8,11,14H,5-6H2,1H3,(H,15,16). The third kappa shape index (κ3) is 1.93. The van der Waals surface area contributed by atoms with Crippen molar-refractivity contribution in [3.63, 3.8) is 0 Å². The summed E-state index contributed by atoms with van der Waals surface area (Å²) in [4.78, 5) is 10.8. The minimum absolute atomic E-state index is 0.0446. The number of carboxylic acid groups (broad SMARTS) is 1. The highest BCUT2D eigenvalue weighted by Crippen LogP contribution is 2.30. The summed E-state index contributed by atoms with van der Waals surface area (Å²) in [7, 11) is 0. The van der Waals surface area contributed by atoms with Crippen LogP contribution in [-0.4, -0.2) is 17.6 Å². The lowest BCUT2D eigenvalue weighted by Crippen LogP contribution is -2.17. The van der Waals surface area contributed by atoms with E-state index >= 15 is 0 Å². The van der Waals surface area contributed by atoms with Crippen LogP contribution in [0.1, 0.15) is 23.6 Å². The molecule has 86 valence electrons. The number of aliphatic carboxylic acids is 1. The van der Waals surface area contributed by atoms with Crippen LogP contribution in [0.25, 0.3) is 0 Å². The van der Waals surface area contributed by atoms with E-state index in [1.54, 1.807) is 13.0 Å². The van der Waals surface area contributed by atoms with Crippen LogP contribution in [-0.2, 0) is 4.79 Å². The molecule has 1 aromatic rings. The molecule has 1 saturated heterocycles. The molecule has 1 aliphatic rings. The quantitative estimate of drug-likeness (QED) is 0.804. The summed E-state index contributed by atoms with van der Waals surface area (Å²) in [5, 5.41) is 12.0. The maximum absolute atomic E-state index is 13.3. The second-order valence-electron chi connectivity index (χ2n) is 4.19. The highest BCUT2D eigenvalue weighted by molar-refractivity contribution is 5.70. The summed E-state index contributed by atoms with van der Waals surface area (Å²) in [5.41, 5.74) is 1.47. The maximum atomic E-state index is 13.3. The molecular weight excluding hydrogens is 209 g/mol. The van der Waals surface area contributed by atoms with Crippen LogP contribution in [0.4, 0.5) is 4.39 Å². The Morgan fingerprint density at radius 3 is 2.94 bits per heavy atom. The molecule has 0 saturated carbocycles. The molecule has 4 heteroatoms. The summed E-state index contributed by atoms with van der Waals surface area (Å²) in [6.07, 6.45) is 0.527. The second-order valence-corrected chi connectivity index (χ2v) is 4.19. The van der Waals surface area contributed by atoms with Crippen LogP contribution in [0.3, 0.4) is 0 Å². The lowest BCUT2D eigenvalue weighted by Gasteiger charge is -2.13. The molecular formula is C12H14FNO2. The molecule has 0 radical (unpaired) electrons. The summed E-state index contributed by atoms with van der Waals surface area (Å²) < 4.78 is 13.3. The Morgan fingerprint density at radius 1 is 1.56 bits per heavy atom. The van der Waals surface area contributed by atoms with E-state index in [0.29, 0.717) is 18.5 Å².